The number of carbonyl (C=O) groups is 2. The van der Waals surface area contributed by atoms with Crippen LogP contribution in [0.25, 0.3) is 0 Å². The Balaban J connectivity index is 1.80. The summed E-state index contributed by atoms with van der Waals surface area (Å²) < 4.78 is 1.73. The number of carboxylic acid groups (broad SMARTS) is 1. The molecule has 0 radical (unpaired) electrons. The van der Waals surface area contributed by atoms with Crippen LogP contribution in [0.15, 0.2) is 12.4 Å². The number of amides is 1. The van der Waals surface area contributed by atoms with E-state index in [1.165, 1.54) is 0 Å². The van der Waals surface area contributed by atoms with Gasteiger partial charge in [0.2, 0.25) is 5.91 Å². The Bertz CT molecular complexity index is 455. The van der Waals surface area contributed by atoms with E-state index in [4.69, 9.17) is 5.11 Å². The van der Waals surface area contributed by atoms with Crippen LogP contribution in [0.3, 0.4) is 0 Å². The molecule has 1 amide bonds. The number of aromatic nitrogens is 2. The van der Waals surface area contributed by atoms with Crippen molar-refractivity contribution in [1.29, 1.82) is 0 Å². The lowest BCUT2D eigenvalue weighted by atomic mass is 10.1. The van der Waals surface area contributed by atoms with Gasteiger partial charge in [-0.1, -0.05) is 0 Å². The van der Waals surface area contributed by atoms with Gasteiger partial charge in [0, 0.05) is 32.3 Å². The number of likely N-dealkylation sites (tertiary alicyclic amines) is 1. The van der Waals surface area contributed by atoms with Crippen LogP contribution in [0.4, 0.5) is 0 Å². The number of hydrogen-bond donors (Lipinski definition) is 1. The monoisotopic (exact) mass is 251 g/mol. The first-order valence-electron chi connectivity index (χ1n) is 6.06. The molecule has 1 atom stereocenters. The summed E-state index contributed by atoms with van der Waals surface area (Å²) in [4.78, 5) is 24.3. The van der Waals surface area contributed by atoms with Crippen molar-refractivity contribution in [3.05, 3.63) is 18.0 Å². The van der Waals surface area contributed by atoms with E-state index in [0.717, 1.165) is 5.56 Å². The second-order valence-corrected chi connectivity index (χ2v) is 4.69. The van der Waals surface area contributed by atoms with Crippen molar-refractivity contribution in [3.63, 3.8) is 0 Å². The van der Waals surface area contributed by atoms with E-state index in [1.807, 2.05) is 13.1 Å². The summed E-state index contributed by atoms with van der Waals surface area (Å²) in [7, 11) is 0. The zero-order valence-corrected chi connectivity index (χ0v) is 10.4. The summed E-state index contributed by atoms with van der Waals surface area (Å²) >= 11 is 0. The number of nitrogens with zero attached hydrogens (tertiary/aromatic N) is 3. The molecular formula is C12H17N3O3. The number of aryl methyl sites for hydroxylation is 2. The maximum Gasteiger partial charge on any atom is 0.308 e. The molecule has 1 saturated heterocycles. The van der Waals surface area contributed by atoms with E-state index in [2.05, 4.69) is 5.10 Å². The molecule has 1 aromatic heterocycles. The molecule has 1 aliphatic heterocycles. The summed E-state index contributed by atoms with van der Waals surface area (Å²) in [6.45, 7) is 3.38. The molecule has 0 unspecified atom stereocenters. The number of rotatable bonds is 4. The van der Waals surface area contributed by atoms with Gasteiger partial charge in [-0.15, -0.1) is 0 Å². The molecule has 1 N–H and O–H groups in total. The molecule has 1 aliphatic rings. The first-order chi connectivity index (χ1) is 8.56. The van der Waals surface area contributed by atoms with Crippen molar-refractivity contribution in [2.75, 3.05) is 13.1 Å². The summed E-state index contributed by atoms with van der Waals surface area (Å²) in [6.07, 6.45) is 4.56. The second kappa shape index (κ2) is 5.20. The Morgan fingerprint density at radius 3 is 2.89 bits per heavy atom. The zero-order chi connectivity index (χ0) is 13.1. The fraction of sp³-hybridized carbons (Fsp3) is 0.583. The zero-order valence-electron chi connectivity index (χ0n) is 10.4. The molecular weight excluding hydrogens is 234 g/mol. The van der Waals surface area contributed by atoms with Gasteiger partial charge in [0.15, 0.2) is 0 Å². The molecule has 0 saturated carbocycles. The second-order valence-electron chi connectivity index (χ2n) is 4.69. The lowest BCUT2D eigenvalue weighted by Crippen LogP contribution is -2.30. The largest absolute Gasteiger partial charge is 0.481 e. The Morgan fingerprint density at radius 1 is 1.56 bits per heavy atom. The minimum atomic E-state index is -0.812. The number of hydrogen-bond acceptors (Lipinski definition) is 3. The van der Waals surface area contributed by atoms with Gasteiger partial charge < -0.3 is 10.0 Å². The van der Waals surface area contributed by atoms with E-state index in [0.29, 0.717) is 32.5 Å². The van der Waals surface area contributed by atoms with Crippen molar-refractivity contribution < 1.29 is 14.7 Å². The van der Waals surface area contributed by atoms with Crippen LogP contribution in [0, 0.1) is 12.8 Å². The lowest BCUT2D eigenvalue weighted by Gasteiger charge is -2.15. The highest BCUT2D eigenvalue weighted by Gasteiger charge is 2.30. The van der Waals surface area contributed by atoms with Crippen LogP contribution >= 0.6 is 0 Å². The topological polar surface area (TPSA) is 75.4 Å². The van der Waals surface area contributed by atoms with E-state index in [-0.39, 0.29) is 5.91 Å². The van der Waals surface area contributed by atoms with Crippen LogP contribution in [0.2, 0.25) is 0 Å². The standard InChI is InChI=1S/C12H17N3O3/c1-9-6-13-15(7-9)5-3-11(16)14-4-2-10(8-14)12(17)18/h6-7,10H,2-5,8H2,1H3,(H,17,18)/t10-/m0/s1. The molecule has 2 rings (SSSR count). The lowest BCUT2D eigenvalue weighted by molar-refractivity contribution is -0.141. The van der Waals surface area contributed by atoms with Crippen molar-refractivity contribution >= 4 is 11.9 Å². The highest BCUT2D eigenvalue weighted by atomic mass is 16.4. The molecule has 2 heterocycles. The van der Waals surface area contributed by atoms with E-state index in [1.54, 1.807) is 15.8 Å². The van der Waals surface area contributed by atoms with Crippen molar-refractivity contribution in [3.8, 4) is 0 Å². The van der Waals surface area contributed by atoms with Crippen molar-refractivity contribution in [2.24, 2.45) is 5.92 Å². The Labute approximate surface area is 105 Å². The van der Waals surface area contributed by atoms with Gasteiger partial charge in [-0.05, 0) is 18.9 Å². The summed E-state index contributed by atoms with van der Waals surface area (Å²) in [5.74, 6) is -1.21. The van der Waals surface area contributed by atoms with Crippen LogP contribution in [0.5, 0.6) is 0 Å². The molecule has 0 aliphatic carbocycles. The minimum absolute atomic E-state index is 0.00639. The quantitative estimate of drug-likeness (QED) is 0.846. The maximum atomic E-state index is 11.9. The Morgan fingerprint density at radius 2 is 2.33 bits per heavy atom. The third kappa shape index (κ3) is 2.88. The van der Waals surface area contributed by atoms with Gasteiger partial charge in [0.05, 0.1) is 12.1 Å². The van der Waals surface area contributed by atoms with Crippen molar-refractivity contribution in [1.82, 2.24) is 14.7 Å². The van der Waals surface area contributed by atoms with Gasteiger partial charge in [-0.2, -0.15) is 5.10 Å². The number of carbonyl (C=O) groups excluding carboxylic acids is 1. The molecule has 0 spiro atoms. The van der Waals surface area contributed by atoms with Crippen molar-refractivity contribution in [2.45, 2.75) is 26.3 Å². The van der Waals surface area contributed by atoms with Crippen LogP contribution in [-0.2, 0) is 16.1 Å². The number of aliphatic carboxylic acids is 1. The van der Waals surface area contributed by atoms with Gasteiger partial charge in [-0.25, -0.2) is 0 Å². The normalized spacial score (nSPS) is 19.2. The third-order valence-corrected chi connectivity index (χ3v) is 3.21. The fourth-order valence-electron chi connectivity index (χ4n) is 2.15. The van der Waals surface area contributed by atoms with E-state index in [9.17, 15) is 9.59 Å². The summed E-state index contributed by atoms with van der Waals surface area (Å²) in [5, 5.41) is 13.0. The van der Waals surface area contributed by atoms with Gasteiger partial charge in [0.25, 0.3) is 0 Å². The molecule has 6 heteroatoms. The van der Waals surface area contributed by atoms with Crippen LogP contribution in [-0.4, -0.2) is 44.8 Å². The minimum Gasteiger partial charge on any atom is -0.481 e. The predicted molar refractivity (Wildman–Crippen MR) is 63.9 cm³/mol. The van der Waals surface area contributed by atoms with E-state index < -0.39 is 11.9 Å². The first-order valence-corrected chi connectivity index (χ1v) is 6.06. The highest BCUT2D eigenvalue weighted by Crippen LogP contribution is 2.17. The Hall–Kier alpha value is -1.85. The van der Waals surface area contributed by atoms with Gasteiger partial charge >= 0.3 is 5.97 Å². The fourth-order valence-corrected chi connectivity index (χ4v) is 2.15. The molecule has 0 aromatic carbocycles. The summed E-state index contributed by atoms with van der Waals surface area (Å²) in [6, 6.07) is 0. The molecule has 1 fully saturated rings. The SMILES string of the molecule is Cc1cnn(CCC(=O)N2CC[C@H](C(=O)O)C2)c1. The van der Waals surface area contributed by atoms with Gasteiger partial charge in [0.1, 0.15) is 0 Å². The molecule has 0 bridgehead atoms. The smallest absolute Gasteiger partial charge is 0.308 e. The summed E-state index contributed by atoms with van der Waals surface area (Å²) in [5.41, 5.74) is 1.06. The highest BCUT2D eigenvalue weighted by molar-refractivity contribution is 5.78. The predicted octanol–water partition coefficient (Wildman–Crippen LogP) is 0.515. The van der Waals surface area contributed by atoms with Crippen LogP contribution < -0.4 is 0 Å². The average molecular weight is 251 g/mol. The first kappa shape index (κ1) is 12.6. The molecule has 1 aromatic rings. The van der Waals surface area contributed by atoms with Gasteiger partial charge in [-0.3, -0.25) is 14.3 Å². The average Bonchev–Trinajstić information content (AvgIpc) is 2.94. The van der Waals surface area contributed by atoms with E-state index >= 15 is 0 Å². The third-order valence-electron chi connectivity index (χ3n) is 3.21. The molecule has 98 valence electrons. The Kier molecular flexibility index (Phi) is 3.64. The number of carboxylic acids is 1. The maximum absolute atomic E-state index is 11.9. The molecule has 18 heavy (non-hydrogen) atoms. The molecule has 6 nitrogen and oxygen atoms in total. The van der Waals surface area contributed by atoms with Crippen LogP contribution in [0.1, 0.15) is 18.4 Å².